The zero-order valence-electron chi connectivity index (χ0n) is 10.9. The van der Waals surface area contributed by atoms with Gasteiger partial charge in [-0.25, -0.2) is 4.98 Å². The number of rotatable bonds is 5. The average molecular weight is 315 g/mol. The molecule has 0 saturated heterocycles. The number of nitrogens with two attached hydrogens (primary N) is 1. The van der Waals surface area contributed by atoms with Crippen molar-refractivity contribution in [3.8, 4) is 0 Å². The molecule has 0 aliphatic carbocycles. The smallest absolute Gasteiger partial charge is 0.221 e. The third-order valence-electron chi connectivity index (χ3n) is 2.40. The molecule has 0 bridgehead atoms. The third-order valence-corrected chi connectivity index (χ3v) is 3.37. The lowest BCUT2D eigenvalue weighted by molar-refractivity contribution is -0.121. The Morgan fingerprint density at radius 3 is 2.83 bits per heavy atom. The highest BCUT2D eigenvalue weighted by molar-refractivity contribution is 9.10. The molecule has 1 heterocycles. The van der Waals surface area contributed by atoms with Crippen LogP contribution in [0.3, 0.4) is 0 Å². The van der Waals surface area contributed by atoms with Crippen LogP contribution in [0.4, 0.5) is 11.5 Å². The number of nitrogens with zero attached hydrogens (tertiary/aromatic N) is 1. The molecule has 0 spiro atoms. The summed E-state index contributed by atoms with van der Waals surface area (Å²) in [7, 11) is 0. The minimum absolute atomic E-state index is 0.0285. The standard InChI is InChI=1S/C12H19BrN4O/c1-7(2)17-10(18)4-5-15-12-11(13)8(3)9(14)6-16-12/h6-7H,4-5,14H2,1-3H3,(H,15,16)(H,17,18). The van der Waals surface area contributed by atoms with Crippen molar-refractivity contribution in [1.82, 2.24) is 10.3 Å². The summed E-state index contributed by atoms with van der Waals surface area (Å²) < 4.78 is 0.840. The molecule has 0 aromatic carbocycles. The Hall–Kier alpha value is -1.30. The molecule has 1 aromatic rings. The van der Waals surface area contributed by atoms with Gasteiger partial charge in [-0.2, -0.15) is 0 Å². The molecule has 0 aliphatic rings. The molecule has 18 heavy (non-hydrogen) atoms. The van der Waals surface area contributed by atoms with Gasteiger partial charge < -0.3 is 16.4 Å². The molecule has 0 aliphatic heterocycles. The van der Waals surface area contributed by atoms with Crippen molar-refractivity contribution in [1.29, 1.82) is 0 Å². The molecule has 4 N–H and O–H groups in total. The van der Waals surface area contributed by atoms with Crippen LogP contribution in [0.25, 0.3) is 0 Å². The predicted octanol–water partition coefficient (Wildman–Crippen LogP) is 2.06. The number of nitrogens with one attached hydrogen (secondary N) is 2. The van der Waals surface area contributed by atoms with E-state index in [1.807, 2.05) is 20.8 Å². The number of hydrogen-bond acceptors (Lipinski definition) is 4. The Balaban J connectivity index is 2.50. The van der Waals surface area contributed by atoms with Crippen molar-refractivity contribution in [2.24, 2.45) is 0 Å². The lowest BCUT2D eigenvalue weighted by Crippen LogP contribution is -2.31. The third kappa shape index (κ3) is 4.18. The molecular formula is C12H19BrN4O. The van der Waals surface area contributed by atoms with Crippen LogP contribution in [0.1, 0.15) is 25.8 Å². The summed E-state index contributed by atoms with van der Waals surface area (Å²) in [6.07, 6.45) is 2.02. The van der Waals surface area contributed by atoms with E-state index in [0.29, 0.717) is 24.5 Å². The maximum atomic E-state index is 11.4. The number of amides is 1. The molecule has 1 aromatic heterocycles. The highest BCUT2D eigenvalue weighted by Crippen LogP contribution is 2.27. The number of nitrogen functional groups attached to an aromatic ring is 1. The highest BCUT2D eigenvalue weighted by atomic mass is 79.9. The van der Waals surface area contributed by atoms with Crippen LogP contribution in [0, 0.1) is 6.92 Å². The van der Waals surface area contributed by atoms with E-state index in [0.717, 1.165) is 10.0 Å². The van der Waals surface area contributed by atoms with Gasteiger partial charge in [0.05, 0.1) is 16.4 Å². The number of pyridine rings is 1. The molecule has 0 atom stereocenters. The zero-order chi connectivity index (χ0) is 13.7. The maximum Gasteiger partial charge on any atom is 0.221 e. The first kappa shape index (κ1) is 14.8. The van der Waals surface area contributed by atoms with E-state index in [4.69, 9.17) is 5.73 Å². The van der Waals surface area contributed by atoms with Gasteiger partial charge in [-0.05, 0) is 42.3 Å². The zero-order valence-corrected chi connectivity index (χ0v) is 12.5. The van der Waals surface area contributed by atoms with Crippen LogP contribution in [-0.4, -0.2) is 23.5 Å². The molecule has 100 valence electrons. The Kier molecular flexibility index (Phi) is 5.40. The largest absolute Gasteiger partial charge is 0.397 e. The molecular weight excluding hydrogens is 296 g/mol. The molecule has 0 saturated carbocycles. The summed E-state index contributed by atoms with van der Waals surface area (Å²) in [4.78, 5) is 15.6. The SMILES string of the molecule is Cc1c(N)cnc(NCCC(=O)NC(C)C)c1Br. The van der Waals surface area contributed by atoms with E-state index in [1.54, 1.807) is 6.20 Å². The molecule has 0 fully saturated rings. The van der Waals surface area contributed by atoms with Gasteiger partial charge in [-0.1, -0.05) is 0 Å². The fourth-order valence-electron chi connectivity index (χ4n) is 1.40. The maximum absolute atomic E-state index is 11.4. The Morgan fingerprint density at radius 2 is 2.22 bits per heavy atom. The fraction of sp³-hybridized carbons (Fsp3) is 0.500. The monoisotopic (exact) mass is 314 g/mol. The van der Waals surface area contributed by atoms with Crippen molar-refractivity contribution in [2.45, 2.75) is 33.2 Å². The predicted molar refractivity (Wildman–Crippen MR) is 77.5 cm³/mol. The van der Waals surface area contributed by atoms with E-state index in [1.165, 1.54) is 0 Å². The first-order valence-corrected chi connectivity index (χ1v) is 6.65. The highest BCUT2D eigenvalue weighted by Gasteiger charge is 2.08. The summed E-state index contributed by atoms with van der Waals surface area (Å²) in [6, 6.07) is 0.168. The van der Waals surface area contributed by atoms with E-state index in [9.17, 15) is 4.79 Å². The van der Waals surface area contributed by atoms with E-state index >= 15 is 0 Å². The van der Waals surface area contributed by atoms with Crippen molar-refractivity contribution in [3.63, 3.8) is 0 Å². The van der Waals surface area contributed by atoms with Gasteiger partial charge in [0, 0.05) is 19.0 Å². The second-order valence-electron chi connectivity index (χ2n) is 4.40. The van der Waals surface area contributed by atoms with Gasteiger partial charge in [-0.15, -0.1) is 0 Å². The Labute approximate surface area is 116 Å². The van der Waals surface area contributed by atoms with Gasteiger partial charge in [0.2, 0.25) is 5.91 Å². The van der Waals surface area contributed by atoms with Crippen LogP contribution in [0.15, 0.2) is 10.7 Å². The topological polar surface area (TPSA) is 80.0 Å². The molecule has 0 radical (unpaired) electrons. The van der Waals surface area contributed by atoms with Crippen LogP contribution in [0.5, 0.6) is 0 Å². The van der Waals surface area contributed by atoms with Gasteiger partial charge in [-0.3, -0.25) is 4.79 Å². The van der Waals surface area contributed by atoms with E-state index in [2.05, 4.69) is 31.5 Å². The average Bonchev–Trinajstić information content (AvgIpc) is 2.28. The van der Waals surface area contributed by atoms with Crippen LogP contribution in [0.2, 0.25) is 0 Å². The number of halogens is 1. The number of anilines is 2. The van der Waals surface area contributed by atoms with Crippen LogP contribution < -0.4 is 16.4 Å². The number of hydrogen-bond donors (Lipinski definition) is 3. The van der Waals surface area contributed by atoms with E-state index < -0.39 is 0 Å². The molecule has 0 unspecified atom stereocenters. The van der Waals surface area contributed by atoms with Crippen LogP contribution in [-0.2, 0) is 4.79 Å². The first-order valence-electron chi connectivity index (χ1n) is 5.85. The quantitative estimate of drug-likeness (QED) is 0.777. The van der Waals surface area contributed by atoms with Gasteiger partial charge in [0.25, 0.3) is 0 Å². The summed E-state index contributed by atoms with van der Waals surface area (Å²) in [5.41, 5.74) is 7.32. The summed E-state index contributed by atoms with van der Waals surface area (Å²) in [6.45, 7) is 6.32. The van der Waals surface area contributed by atoms with Gasteiger partial charge >= 0.3 is 0 Å². The minimum atomic E-state index is 0.0285. The summed E-state index contributed by atoms with van der Waals surface area (Å²) in [5.74, 6) is 0.736. The van der Waals surface area contributed by atoms with Crippen molar-refractivity contribution < 1.29 is 4.79 Å². The van der Waals surface area contributed by atoms with Gasteiger partial charge in [0.1, 0.15) is 5.82 Å². The lowest BCUT2D eigenvalue weighted by atomic mass is 10.2. The number of carbonyl (C=O) groups excluding carboxylic acids is 1. The Morgan fingerprint density at radius 1 is 1.56 bits per heavy atom. The van der Waals surface area contributed by atoms with Crippen molar-refractivity contribution >= 4 is 33.3 Å². The first-order chi connectivity index (χ1) is 8.41. The number of carbonyl (C=O) groups is 1. The van der Waals surface area contributed by atoms with E-state index in [-0.39, 0.29) is 11.9 Å². The lowest BCUT2D eigenvalue weighted by Gasteiger charge is -2.11. The Bertz CT molecular complexity index is 434. The van der Waals surface area contributed by atoms with Crippen LogP contribution >= 0.6 is 15.9 Å². The normalized spacial score (nSPS) is 10.5. The van der Waals surface area contributed by atoms with Crippen molar-refractivity contribution in [3.05, 3.63) is 16.2 Å². The second kappa shape index (κ2) is 6.58. The summed E-state index contributed by atoms with van der Waals surface area (Å²) >= 11 is 3.43. The van der Waals surface area contributed by atoms with Crippen molar-refractivity contribution in [2.75, 3.05) is 17.6 Å². The fourth-order valence-corrected chi connectivity index (χ4v) is 1.88. The molecule has 1 amide bonds. The summed E-state index contributed by atoms with van der Waals surface area (Å²) in [5, 5.41) is 5.94. The molecule has 6 heteroatoms. The second-order valence-corrected chi connectivity index (χ2v) is 5.19. The number of aromatic nitrogens is 1. The molecule has 5 nitrogen and oxygen atoms in total. The van der Waals surface area contributed by atoms with Gasteiger partial charge in [0.15, 0.2) is 0 Å². The molecule has 1 rings (SSSR count). The minimum Gasteiger partial charge on any atom is -0.397 e.